The van der Waals surface area contributed by atoms with E-state index in [2.05, 4.69) is 57.6 Å². The molecular formula is C24H28N4O2. The van der Waals surface area contributed by atoms with Crippen LogP contribution in [0.1, 0.15) is 28.8 Å². The first-order valence-corrected chi connectivity index (χ1v) is 10.5. The molecule has 30 heavy (non-hydrogen) atoms. The minimum absolute atomic E-state index is 0.0994. The molecule has 1 fully saturated rings. The van der Waals surface area contributed by atoms with Gasteiger partial charge in [-0.2, -0.15) is 0 Å². The summed E-state index contributed by atoms with van der Waals surface area (Å²) >= 11 is 0. The van der Waals surface area contributed by atoms with Crippen LogP contribution in [-0.2, 0) is 13.5 Å². The number of hydrogen-bond acceptors (Lipinski definition) is 3. The van der Waals surface area contributed by atoms with E-state index in [1.807, 2.05) is 6.07 Å². The number of carbonyl (C=O) groups excluding carboxylic acids is 2. The number of piperidine rings is 1. The number of carbonyl (C=O) groups is 2. The van der Waals surface area contributed by atoms with Gasteiger partial charge in [-0.1, -0.05) is 36.4 Å². The summed E-state index contributed by atoms with van der Waals surface area (Å²) in [6.07, 6.45) is 5.03. The Kier molecular flexibility index (Phi) is 6.14. The standard InChI is InChI=1S/C24H28N4O2/c1-27-17-19(21-9-5-6-10-22(21)27)11-14-28-15-12-20(13-16-28)25-24(30)26-23(29)18-7-3-2-4-8-18/h2-10,17,20H,11-16H2,1H3,(H2,25,26,29,30). The van der Waals surface area contributed by atoms with E-state index in [0.29, 0.717) is 5.56 Å². The fourth-order valence-corrected chi connectivity index (χ4v) is 4.19. The van der Waals surface area contributed by atoms with Gasteiger partial charge in [0.05, 0.1) is 0 Å². The van der Waals surface area contributed by atoms with Crippen molar-refractivity contribution >= 4 is 22.8 Å². The minimum Gasteiger partial charge on any atom is -0.350 e. The molecule has 1 aliphatic rings. The van der Waals surface area contributed by atoms with Crippen LogP contribution in [0.3, 0.4) is 0 Å². The van der Waals surface area contributed by atoms with Crippen LogP contribution in [0.5, 0.6) is 0 Å². The Morgan fingerprint density at radius 1 is 1.00 bits per heavy atom. The number of rotatable bonds is 5. The SMILES string of the molecule is Cn1cc(CCN2CCC(NC(=O)NC(=O)c3ccccc3)CC2)c2ccccc21. The van der Waals surface area contributed by atoms with E-state index in [4.69, 9.17) is 0 Å². The van der Waals surface area contributed by atoms with Gasteiger partial charge >= 0.3 is 6.03 Å². The summed E-state index contributed by atoms with van der Waals surface area (Å²) in [6, 6.07) is 17.0. The lowest BCUT2D eigenvalue weighted by molar-refractivity contribution is 0.0962. The van der Waals surface area contributed by atoms with Crippen molar-refractivity contribution in [2.75, 3.05) is 19.6 Å². The highest BCUT2D eigenvalue weighted by molar-refractivity contribution is 6.04. The van der Waals surface area contributed by atoms with Gasteiger partial charge in [0, 0.05) is 55.4 Å². The predicted octanol–water partition coefficient (Wildman–Crippen LogP) is 3.32. The Labute approximate surface area is 176 Å². The lowest BCUT2D eigenvalue weighted by Crippen LogP contribution is -2.49. The second kappa shape index (κ2) is 9.13. The minimum atomic E-state index is -0.418. The molecule has 6 nitrogen and oxygen atoms in total. The quantitative estimate of drug-likeness (QED) is 0.686. The second-order valence-corrected chi connectivity index (χ2v) is 7.94. The number of nitrogens with one attached hydrogen (secondary N) is 2. The number of nitrogens with zero attached hydrogens (tertiary/aromatic N) is 2. The lowest BCUT2D eigenvalue weighted by Gasteiger charge is -2.32. The van der Waals surface area contributed by atoms with Gasteiger partial charge < -0.3 is 14.8 Å². The first-order valence-electron chi connectivity index (χ1n) is 10.5. The van der Waals surface area contributed by atoms with Crippen molar-refractivity contribution in [1.82, 2.24) is 20.1 Å². The van der Waals surface area contributed by atoms with E-state index in [9.17, 15) is 9.59 Å². The van der Waals surface area contributed by atoms with Gasteiger partial charge in [0.2, 0.25) is 0 Å². The molecule has 1 aromatic heterocycles. The van der Waals surface area contributed by atoms with Crippen LogP contribution < -0.4 is 10.6 Å². The summed E-state index contributed by atoms with van der Waals surface area (Å²) in [7, 11) is 2.09. The number of amides is 3. The maximum atomic E-state index is 12.2. The fraction of sp³-hybridized carbons (Fsp3) is 0.333. The molecule has 2 heterocycles. The number of hydrogen-bond donors (Lipinski definition) is 2. The van der Waals surface area contributed by atoms with Crippen LogP contribution in [0, 0.1) is 0 Å². The lowest BCUT2D eigenvalue weighted by atomic mass is 10.0. The van der Waals surface area contributed by atoms with Crippen molar-refractivity contribution in [2.45, 2.75) is 25.3 Å². The molecule has 0 spiro atoms. The van der Waals surface area contributed by atoms with Crippen LogP contribution in [0.4, 0.5) is 4.79 Å². The molecule has 0 saturated carbocycles. The van der Waals surface area contributed by atoms with Gasteiger partial charge in [0.15, 0.2) is 0 Å². The number of aromatic nitrogens is 1. The van der Waals surface area contributed by atoms with Crippen molar-refractivity contribution < 1.29 is 9.59 Å². The molecule has 1 aliphatic heterocycles. The van der Waals surface area contributed by atoms with E-state index >= 15 is 0 Å². The Morgan fingerprint density at radius 2 is 1.70 bits per heavy atom. The first kappa shape index (κ1) is 20.2. The first-order chi connectivity index (χ1) is 14.6. The van der Waals surface area contributed by atoms with E-state index in [-0.39, 0.29) is 11.9 Å². The Morgan fingerprint density at radius 3 is 2.47 bits per heavy atom. The maximum Gasteiger partial charge on any atom is 0.321 e. The third kappa shape index (κ3) is 4.71. The number of urea groups is 1. The molecule has 0 bridgehead atoms. The Hall–Kier alpha value is -3.12. The van der Waals surface area contributed by atoms with Crippen molar-refractivity contribution in [2.24, 2.45) is 7.05 Å². The summed E-state index contributed by atoms with van der Waals surface area (Å²) in [5, 5.41) is 6.69. The third-order valence-corrected chi connectivity index (χ3v) is 5.86. The summed E-state index contributed by atoms with van der Waals surface area (Å²) in [5.74, 6) is -0.374. The number of likely N-dealkylation sites (tertiary alicyclic amines) is 1. The number of fused-ring (bicyclic) bond motifs is 1. The molecule has 0 atom stereocenters. The number of imide groups is 1. The van der Waals surface area contributed by atoms with Crippen molar-refractivity contribution in [3.8, 4) is 0 Å². The van der Waals surface area contributed by atoms with Crippen LogP contribution in [0.15, 0.2) is 60.8 Å². The van der Waals surface area contributed by atoms with Crippen LogP contribution in [-0.4, -0.2) is 47.1 Å². The zero-order valence-corrected chi connectivity index (χ0v) is 17.3. The van der Waals surface area contributed by atoms with Gasteiger partial charge in [-0.3, -0.25) is 10.1 Å². The van der Waals surface area contributed by atoms with Crippen LogP contribution >= 0.6 is 0 Å². The molecule has 0 radical (unpaired) electrons. The highest BCUT2D eigenvalue weighted by atomic mass is 16.2. The molecular weight excluding hydrogens is 376 g/mol. The average Bonchev–Trinajstić information content (AvgIpc) is 3.10. The monoisotopic (exact) mass is 404 g/mol. The van der Waals surface area contributed by atoms with Gasteiger partial charge in [-0.25, -0.2) is 4.79 Å². The van der Waals surface area contributed by atoms with Gasteiger partial charge in [0.25, 0.3) is 5.91 Å². The Bertz CT molecular complexity index is 1020. The van der Waals surface area contributed by atoms with Gasteiger partial charge in [-0.05, 0) is 43.0 Å². The second-order valence-electron chi connectivity index (χ2n) is 7.94. The summed E-state index contributed by atoms with van der Waals surface area (Å²) < 4.78 is 2.19. The van der Waals surface area contributed by atoms with Gasteiger partial charge in [0.1, 0.15) is 0 Å². The fourth-order valence-electron chi connectivity index (χ4n) is 4.19. The predicted molar refractivity (Wildman–Crippen MR) is 119 cm³/mol. The van der Waals surface area contributed by atoms with E-state index < -0.39 is 6.03 Å². The maximum absolute atomic E-state index is 12.2. The normalized spacial score (nSPS) is 15.2. The third-order valence-electron chi connectivity index (χ3n) is 5.86. The van der Waals surface area contributed by atoms with E-state index in [0.717, 1.165) is 38.9 Å². The van der Waals surface area contributed by atoms with Crippen molar-refractivity contribution in [1.29, 1.82) is 0 Å². The molecule has 3 amide bonds. The highest BCUT2D eigenvalue weighted by Gasteiger charge is 2.21. The molecule has 2 aromatic carbocycles. The molecule has 156 valence electrons. The molecule has 2 N–H and O–H groups in total. The van der Waals surface area contributed by atoms with Crippen LogP contribution in [0.25, 0.3) is 10.9 Å². The smallest absolute Gasteiger partial charge is 0.321 e. The average molecular weight is 405 g/mol. The van der Waals surface area contributed by atoms with Crippen molar-refractivity contribution in [3.05, 3.63) is 71.9 Å². The molecule has 6 heteroatoms. The molecule has 0 aliphatic carbocycles. The van der Waals surface area contributed by atoms with Crippen molar-refractivity contribution in [3.63, 3.8) is 0 Å². The van der Waals surface area contributed by atoms with E-state index in [1.165, 1.54) is 16.5 Å². The number of para-hydroxylation sites is 1. The molecule has 0 unspecified atom stereocenters. The number of benzene rings is 2. The Balaban J connectivity index is 1.22. The summed E-state index contributed by atoms with van der Waals surface area (Å²) in [6.45, 7) is 2.91. The summed E-state index contributed by atoms with van der Waals surface area (Å²) in [4.78, 5) is 26.7. The molecule has 3 aromatic rings. The van der Waals surface area contributed by atoms with E-state index in [1.54, 1.807) is 24.3 Å². The van der Waals surface area contributed by atoms with Gasteiger partial charge in [-0.15, -0.1) is 0 Å². The molecule has 4 rings (SSSR count). The molecule has 1 saturated heterocycles. The van der Waals surface area contributed by atoms with Crippen LogP contribution in [0.2, 0.25) is 0 Å². The summed E-state index contributed by atoms with van der Waals surface area (Å²) in [5.41, 5.74) is 3.13. The zero-order valence-electron chi connectivity index (χ0n) is 17.3. The number of aryl methyl sites for hydroxylation is 1. The topological polar surface area (TPSA) is 66.4 Å². The highest BCUT2D eigenvalue weighted by Crippen LogP contribution is 2.21. The largest absolute Gasteiger partial charge is 0.350 e. The zero-order chi connectivity index (χ0) is 20.9.